The second-order valence-corrected chi connectivity index (χ2v) is 8.54. The third kappa shape index (κ3) is 4.53. The molecule has 10 nitrogen and oxygen atoms in total. The molecule has 0 amide bonds. The molecule has 0 radical (unpaired) electrons. The van der Waals surface area contributed by atoms with Gasteiger partial charge in [-0.05, 0) is 30.2 Å². The largest absolute Gasteiger partial charge is 0.479 e. The monoisotopic (exact) mass is 508 g/mol. The average Bonchev–Trinajstić information content (AvgIpc) is 3.45. The van der Waals surface area contributed by atoms with Gasteiger partial charge >= 0.3 is 0 Å². The third-order valence-electron chi connectivity index (χ3n) is 6.22. The van der Waals surface area contributed by atoms with Crippen LogP contribution in [0.2, 0.25) is 0 Å². The highest BCUT2D eigenvalue weighted by Crippen LogP contribution is 2.34. The van der Waals surface area contributed by atoms with E-state index < -0.39 is 31.0 Å². The van der Waals surface area contributed by atoms with E-state index in [1.54, 1.807) is 12.3 Å². The van der Waals surface area contributed by atoms with Crippen LogP contribution in [-0.2, 0) is 6.54 Å². The number of benzene rings is 1. The predicted octanol–water partition coefficient (Wildman–Crippen LogP) is 2.37. The van der Waals surface area contributed by atoms with Crippen LogP contribution in [0.1, 0.15) is 6.42 Å². The van der Waals surface area contributed by atoms with Gasteiger partial charge in [-0.2, -0.15) is 4.98 Å². The van der Waals surface area contributed by atoms with E-state index in [0.717, 1.165) is 4.68 Å². The topological polar surface area (TPSA) is 106 Å². The molecule has 0 spiro atoms. The van der Waals surface area contributed by atoms with Gasteiger partial charge in [0.15, 0.2) is 5.82 Å². The first-order valence-corrected chi connectivity index (χ1v) is 11.4. The fourth-order valence-corrected chi connectivity index (χ4v) is 4.52. The van der Waals surface area contributed by atoms with Crippen molar-refractivity contribution >= 4 is 22.5 Å². The van der Waals surface area contributed by atoms with Crippen molar-refractivity contribution in [1.29, 1.82) is 0 Å². The standard InChI is InChI=1S/C22H24F4N8O2/c1-36-21-20-13(12-8-14(23)19-17(9-12)34(31-29-19)11-18(25)26)2-5-33(20)30-22(28-21)27-16-3-4-32(6-7-35)10-15(16)24/h2,5,8-9,15-16,18,35H,3-4,6-7,10-11H2,1H3,(H,27,30)/t15-,16+/m1/s1. The summed E-state index contributed by atoms with van der Waals surface area (Å²) in [4.78, 5) is 6.24. The first-order valence-electron chi connectivity index (χ1n) is 11.4. The van der Waals surface area contributed by atoms with Gasteiger partial charge in [0, 0.05) is 31.4 Å². The second-order valence-electron chi connectivity index (χ2n) is 8.54. The molecule has 4 aromatic rings. The minimum Gasteiger partial charge on any atom is -0.479 e. The summed E-state index contributed by atoms with van der Waals surface area (Å²) >= 11 is 0. The highest BCUT2D eigenvalue weighted by Gasteiger charge is 2.30. The fourth-order valence-electron chi connectivity index (χ4n) is 4.52. The van der Waals surface area contributed by atoms with Gasteiger partial charge in [-0.1, -0.05) is 5.21 Å². The van der Waals surface area contributed by atoms with Crippen LogP contribution in [0.15, 0.2) is 24.4 Å². The zero-order chi connectivity index (χ0) is 25.4. The highest BCUT2D eigenvalue weighted by atomic mass is 19.3. The molecule has 1 fully saturated rings. The molecule has 0 bridgehead atoms. The van der Waals surface area contributed by atoms with Crippen molar-refractivity contribution in [1.82, 2.24) is 34.5 Å². The van der Waals surface area contributed by atoms with Crippen molar-refractivity contribution in [2.75, 3.05) is 38.7 Å². The number of likely N-dealkylation sites (tertiary alicyclic amines) is 1. The van der Waals surface area contributed by atoms with Gasteiger partial charge in [-0.25, -0.2) is 26.8 Å². The lowest BCUT2D eigenvalue weighted by Gasteiger charge is -2.34. The maximum atomic E-state index is 14.8. The molecule has 0 aliphatic carbocycles. The van der Waals surface area contributed by atoms with Crippen molar-refractivity contribution in [3.05, 3.63) is 30.2 Å². The number of rotatable bonds is 8. The fraction of sp³-hybridized carbons (Fsp3) is 0.455. The van der Waals surface area contributed by atoms with E-state index in [-0.39, 0.29) is 36.0 Å². The SMILES string of the molecule is COc1nc(N[C@H]2CCN(CCO)C[C@H]2F)nn2ccc(-c3cc(F)c4nnn(CC(F)F)c4c3)c12. The minimum absolute atomic E-state index is 0.0281. The number of nitrogens with one attached hydrogen (secondary N) is 1. The zero-order valence-electron chi connectivity index (χ0n) is 19.3. The number of β-amino-alcohol motifs (C(OH)–C–C–N with tert-alkyl or cyclic N) is 1. The van der Waals surface area contributed by atoms with Crippen LogP contribution in [-0.4, -0.2) is 91.6 Å². The van der Waals surface area contributed by atoms with E-state index in [1.165, 1.54) is 23.8 Å². The molecule has 192 valence electrons. The van der Waals surface area contributed by atoms with E-state index in [1.807, 2.05) is 4.90 Å². The summed E-state index contributed by atoms with van der Waals surface area (Å²) in [6.45, 7) is 0.486. The molecular weight excluding hydrogens is 484 g/mol. The number of halogens is 4. The summed E-state index contributed by atoms with van der Waals surface area (Å²) < 4.78 is 63.2. The van der Waals surface area contributed by atoms with Crippen LogP contribution >= 0.6 is 0 Å². The number of piperidine rings is 1. The van der Waals surface area contributed by atoms with Crippen LogP contribution in [0, 0.1) is 5.82 Å². The summed E-state index contributed by atoms with van der Waals surface area (Å²) in [5.74, 6) is -0.381. The number of anilines is 1. The molecule has 2 atom stereocenters. The normalized spacial score (nSPS) is 19.0. The lowest BCUT2D eigenvalue weighted by atomic mass is 10.0. The molecule has 3 aromatic heterocycles. The maximum absolute atomic E-state index is 14.8. The summed E-state index contributed by atoms with van der Waals surface area (Å²) in [6, 6.07) is 3.91. The number of nitrogens with zero attached hydrogens (tertiary/aromatic N) is 7. The van der Waals surface area contributed by atoms with Crippen molar-refractivity contribution in [2.24, 2.45) is 0 Å². The van der Waals surface area contributed by atoms with Gasteiger partial charge in [-0.15, -0.1) is 10.2 Å². The van der Waals surface area contributed by atoms with Crippen LogP contribution in [0.4, 0.5) is 23.5 Å². The van der Waals surface area contributed by atoms with Crippen LogP contribution < -0.4 is 10.1 Å². The molecule has 14 heteroatoms. The zero-order valence-corrected chi connectivity index (χ0v) is 19.3. The Bertz CT molecular complexity index is 1380. The number of aliphatic hydroxyl groups is 1. The summed E-state index contributed by atoms with van der Waals surface area (Å²) in [5, 5.41) is 23.8. The van der Waals surface area contributed by atoms with Crippen molar-refractivity contribution in [3.63, 3.8) is 0 Å². The van der Waals surface area contributed by atoms with Crippen molar-refractivity contribution < 1.29 is 27.4 Å². The summed E-state index contributed by atoms with van der Waals surface area (Å²) in [5.41, 5.74) is 1.32. The molecule has 1 saturated heterocycles. The Morgan fingerprint density at radius 3 is 2.86 bits per heavy atom. The molecule has 1 aromatic carbocycles. The van der Waals surface area contributed by atoms with Gasteiger partial charge in [0.1, 0.15) is 23.7 Å². The van der Waals surface area contributed by atoms with Gasteiger partial charge in [-0.3, -0.25) is 4.90 Å². The van der Waals surface area contributed by atoms with Crippen molar-refractivity contribution in [2.45, 2.75) is 31.6 Å². The Balaban J connectivity index is 1.48. The van der Waals surface area contributed by atoms with Crippen LogP contribution in [0.5, 0.6) is 5.88 Å². The Kier molecular flexibility index (Phi) is 6.62. The van der Waals surface area contributed by atoms with E-state index >= 15 is 0 Å². The molecule has 2 N–H and O–H groups in total. The van der Waals surface area contributed by atoms with E-state index in [2.05, 4.69) is 25.7 Å². The number of ether oxygens (including phenoxy) is 1. The van der Waals surface area contributed by atoms with Gasteiger partial charge in [0.2, 0.25) is 11.8 Å². The summed E-state index contributed by atoms with van der Waals surface area (Å²) in [7, 11) is 1.42. The number of alkyl halides is 3. The van der Waals surface area contributed by atoms with Gasteiger partial charge < -0.3 is 15.2 Å². The molecule has 1 aliphatic heterocycles. The lowest BCUT2D eigenvalue weighted by molar-refractivity contribution is 0.107. The van der Waals surface area contributed by atoms with E-state index in [4.69, 9.17) is 9.84 Å². The molecule has 4 heterocycles. The summed E-state index contributed by atoms with van der Waals surface area (Å²) in [6.07, 6.45) is -1.74. The smallest absolute Gasteiger partial charge is 0.258 e. The molecule has 0 saturated carbocycles. The Morgan fingerprint density at radius 1 is 1.31 bits per heavy atom. The number of hydrogen-bond donors (Lipinski definition) is 2. The average molecular weight is 508 g/mol. The third-order valence-corrected chi connectivity index (χ3v) is 6.22. The lowest BCUT2D eigenvalue weighted by Crippen LogP contribution is -2.48. The molecule has 0 unspecified atom stereocenters. The first-order chi connectivity index (χ1) is 17.4. The minimum atomic E-state index is -2.68. The van der Waals surface area contributed by atoms with Crippen molar-refractivity contribution in [3.8, 4) is 17.0 Å². The van der Waals surface area contributed by atoms with Gasteiger partial charge in [0.25, 0.3) is 6.43 Å². The number of hydrogen-bond acceptors (Lipinski definition) is 8. The molecule has 5 rings (SSSR count). The molecule has 1 aliphatic rings. The number of aliphatic hydroxyl groups excluding tert-OH is 1. The molecule has 36 heavy (non-hydrogen) atoms. The number of fused-ring (bicyclic) bond motifs is 2. The highest BCUT2D eigenvalue weighted by molar-refractivity contribution is 5.89. The van der Waals surface area contributed by atoms with Crippen LogP contribution in [0.3, 0.4) is 0 Å². The number of aromatic nitrogens is 6. The number of methoxy groups -OCH3 is 1. The molecular formula is C22H24F4N8O2. The Labute approximate surface area is 202 Å². The Hall–Kier alpha value is -3.52. The quantitative estimate of drug-likeness (QED) is 0.350. The maximum Gasteiger partial charge on any atom is 0.258 e. The van der Waals surface area contributed by atoms with Crippen LogP contribution in [0.25, 0.3) is 27.7 Å². The first kappa shape index (κ1) is 24.2. The van der Waals surface area contributed by atoms with Gasteiger partial charge in [0.05, 0.1) is 25.3 Å². The van der Waals surface area contributed by atoms with E-state index in [9.17, 15) is 17.6 Å². The Morgan fingerprint density at radius 2 is 2.14 bits per heavy atom. The second kappa shape index (κ2) is 9.85. The predicted molar refractivity (Wildman–Crippen MR) is 122 cm³/mol. The van der Waals surface area contributed by atoms with E-state index in [0.29, 0.717) is 36.2 Å².